The molecule has 1 aliphatic carbocycles. The SMILES string of the molecule is COc1cc(C(=O)OCC(=O)c2ccc3c(c2)CCC3)cc(OC)c1OC. The van der Waals surface area contributed by atoms with Gasteiger partial charge < -0.3 is 18.9 Å². The van der Waals surface area contributed by atoms with Crippen molar-refractivity contribution < 1.29 is 28.5 Å². The van der Waals surface area contributed by atoms with E-state index in [1.807, 2.05) is 12.1 Å². The van der Waals surface area contributed by atoms with Crippen molar-refractivity contribution >= 4 is 11.8 Å². The number of ketones is 1. The normalized spacial score (nSPS) is 12.3. The minimum absolute atomic E-state index is 0.214. The Balaban J connectivity index is 1.71. The average molecular weight is 370 g/mol. The van der Waals surface area contributed by atoms with Crippen LogP contribution in [0.3, 0.4) is 0 Å². The molecule has 0 atom stereocenters. The lowest BCUT2D eigenvalue weighted by atomic mass is 10.0. The van der Waals surface area contributed by atoms with Crippen molar-refractivity contribution in [3.8, 4) is 17.2 Å². The molecule has 0 aromatic heterocycles. The molecule has 142 valence electrons. The quantitative estimate of drug-likeness (QED) is 0.550. The van der Waals surface area contributed by atoms with E-state index in [0.29, 0.717) is 22.8 Å². The summed E-state index contributed by atoms with van der Waals surface area (Å²) in [6.45, 7) is -0.325. The largest absolute Gasteiger partial charge is 0.493 e. The number of Topliss-reactive ketones (excluding diaryl/α,β-unsaturated/α-hetero) is 1. The second-order valence-electron chi connectivity index (χ2n) is 6.25. The first-order chi connectivity index (χ1) is 13.1. The first-order valence-corrected chi connectivity index (χ1v) is 8.69. The van der Waals surface area contributed by atoms with Crippen molar-refractivity contribution in [1.82, 2.24) is 0 Å². The Morgan fingerprint density at radius 1 is 0.852 bits per heavy atom. The fourth-order valence-electron chi connectivity index (χ4n) is 3.24. The molecule has 0 saturated heterocycles. The van der Waals surface area contributed by atoms with Crippen molar-refractivity contribution in [2.75, 3.05) is 27.9 Å². The van der Waals surface area contributed by atoms with E-state index in [1.54, 1.807) is 6.07 Å². The third-order valence-electron chi connectivity index (χ3n) is 4.66. The zero-order valence-electron chi connectivity index (χ0n) is 15.7. The monoisotopic (exact) mass is 370 g/mol. The Bertz CT molecular complexity index is 846. The molecule has 0 bridgehead atoms. The van der Waals surface area contributed by atoms with Crippen LogP contribution in [0.15, 0.2) is 30.3 Å². The number of aryl methyl sites for hydroxylation is 2. The highest BCUT2D eigenvalue weighted by Crippen LogP contribution is 2.38. The van der Waals surface area contributed by atoms with Crippen LogP contribution >= 0.6 is 0 Å². The van der Waals surface area contributed by atoms with E-state index in [9.17, 15) is 9.59 Å². The molecule has 0 radical (unpaired) electrons. The van der Waals surface area contributed by atoms with Crippen LogP contribution in [0.25, 0.3) is 0 Å². The Kier molecular flexibility index (Phi) is 5.64. The van der Waals surface area contributed by atoms with Gasteiger partial charge in [0.2, 0.25) is 5.75 Å². The zero-order valence-corrected chi connectivity index (χ0v) is 15.7. The minimum atomic E-state index is -0.635. The van der Waals surface area contributed by atoms with Crippen LogP contribution in [0.5, 0.6) is 17.2 Å². The Morgan fingerprint density at radius 3 is 2.15 bits per heavy atom. The topological polar surface area (TPSA) is 71.1 Å². The highest BCUT2D eigenvalue weighted by molar-refractivity contribution is 5.99. The van der Waals surface area contributed by atoms with Crippen molar-refractivity contribution in [3.05, 3.63) is 52.6 Å². The Labute approximate surface area is 158 Å². The second kappa shape index (κ2) is 8.12. The fraction of sp³-hybridized carbons (Fsp3) is 0.333. The van der Waals surface area contributed by atoms with Crippen molar-refractivity contribution in [2.45, 2.75) is 19.3 Å². The molecule has 6 nitrogen and oxygen atoms in total. The maximum absolute atomic E-state index is 12.4. The summed E-state index contributed by atoms with van der Waals surface area (Å²) in [5.41, 5.74) is 3.28. The number of carbonyl (C=O) groups excluding carboxylic acids is 2. The average Bonchev–Trinajstić information content (AvgIpc) is 3.18. The van der Waals surface area contributed by atoms with Gasteiger partial charge in [-0.15, -0.1) is 0 Å². The van der Waals surface area contributed by atoms with Gasteiger partial charge in [-0.1, -0.05) is 12.1 Å². The van der Waals surface area contributed by atoms with E-state index < -0.39 is 5.97 Å². The van der Waals surface area contributed by atoms with Crippen LogP contribution in [0.4, 0.5) is 0 Å². The molecule has 27 heavy (non-hydrogen) atoms. The summed E-state index contributed by atoms with van der Waals surface area (Å²) >= 11 is 0. The summed E-state index contributed by atoms with van der Waals surface area (Å²) in [6, 6.07) is 8.65. The number of carbonyl (C=O) groups is 2. The third kappa shape index (κ3) is 3.89. The molecule has 2 aromatic rings. The van der Waals surface area contributed by atoms with Crippen LogP contribution < -0.4 is 14.2 Å². The van der Waals surface area contributed by atoms with E-state index in [4.69, 9.17) is 18.9 Å². The molecule has 1 aliphatic rings. The number of rotatable bonds is 7. The molecule has 6 heteroatoms. The lowest BCUT2D eigenvalue weighted by Gasteiger charge is -2.13. The smallest absolute Gasteiger partial charge is 0.338 e. The van der Waals surface area contributed by atoms with E-state index >= 15 is 0 Å². The zero-order chi connectivity index (χ0) is 19.4. The summed E-state index contributed by atoms with van der Waals surface area (Å²) in [5, 5.41) is 0. The van der Waals surface area contributed by atoms with Crippen molar-refractivity contribution in [3.63, 3.8) is 0 Å². The number of esters is 1. The van der Waals surface area contributed by atoms with Gasteiger partial charge in [0.25, 0.3) is 0 Å². The first-order valence-electron chi connectivity index (χ1n) is 8.69. The van der Waals surface area contributed by atoms with Gasteiger partial charge in [0.05, 0.1) is 26.9 Å². The van der Waals surface area contributed by atoms with Crippen LogP contribution in [0, 0.1) is 0 Å². The molecule has 3 rings (SSSR count). The van der Waals surface area contributed by atoms with Gasteiger partial charge in [-0.25, -0.2) is 4.79 Å². The van der Waals surface area contributed by atoms with Gasteiger partial charge in [0.1, 0.15) is 0 Å². The van der Waals surface area contributed by atoms with Gasteiger partial charge >= 0.3 is 5.97 Å². The predicted octanol–water partition coefficient (Wildman–Crippen LogP) is 3.24. The fourth-order valence-corrected chi connectivity index (χ4v) is 3.24. The number of benzene rings is 2. The summed E-state index contributed by atoms with van der Waals surface area (Å²) in [6.07, 6.45) is 3.16. The molecular weight excluding hydrogens is 348 g/mol. The molecule has 0 N–H and O–H groups in total. The van der Waals surface area contributed by atoms with Gasteiger partial charge in [-0.3, -0.25) is 4.79 Å². The molecule has 0 spiro atoms. The van der Waals surface area contributed by atoms with Crippen LogP contribution in [-0.4, -0.2) is 39.7 Å². The summed E-state index contributed by atoms with van der Waals surface area (Å²) in [7, 11) is 4.40. The summed E-state index contributed by atoms with van der Waals surface area (Å²) in [5.74, 6) is 0.197. The molecule has 0 unspecified atom stereocenters. The standard InChI is InChI=1S/C21H22O6/c1-24-18-10-16(11-19(25-2)20(18)26-3)21(23)27-12-17(22)15-8-7-13-5-4-6-14(13)9-15/h7-11H,4-6,12H2,1-3H3. The van der Waals surface area contributed by atoms with E-state index in [2.05, 4.69) is 0 Å². The molecule has 0 aliphatic heterocycles. The first kappa shape index (κ1) is 18.8. The molecule has 0 heterocycles. The van der Waals surface area contributed by atoms with Crippen molar-refractivity contribution in [2.24, 2.45) is 0 Å². The Hall–Kier alpha value is -3.02. The van der Waals surface area contributed by atoms with Crippen LogP contribution in [0.1, 0.15) is 38.3 Å². The number of ether oxygens (including phenoxy) is 4. The highest BCUT2D eigenvalue weighted by atomic mass is 16.5. The van der Waals surface area contributed by atoms with Crippen molar-refractivity contribution in [1.29, 1.82) is 0 Å². The van der Waals surface area contributed by atoms with Gasteiger partial charge in [0, 0.05) is 5.56 Å². The van der Waals surface area contributed by atoms with Gasteiger partial charge in [-0.05, 0) is 48.6 Å². The molecule has 0 fully saturated rings. The molecule has 2 aromatic carbocycles. The van der Waals surface area contributed by atoms with E-state index in [1.165, 1.54) is 44.6 Å². The number of fused-ring (bicyclic) bond motifs is 1. The molecular formula is C21H22O6. The second-order valence-corrected chi connectivity index (χ2v) is 6.25. The minimum Gasteiger partial charge on any atom is -0.493 e. The number of hydrogen-bond donors (Lipinski definition) is 0. The number of hydrogen-bond acceptors (Lipinski definition) is 6. The summed E-state index contributed by atoms with van der Waals surface area (Å²) < 4.78 is 20.9. The Morgan fingerprint density at radius 2 is 1.52 bits per heavy atom. The molecule has 0 amide bonds. The predicted molar refractivity (Wildman–Crippen MR) is 99.2 cm³/mol. The maximum atomic E-state index is 12.4. The van der Waals surface area contributed by atoms with Crippen LogP contribution in [0.2, 0.25) is 0 Å². The summed E-state index contributed by atoms with van der Waals surface area (Å²) in [4.78, 5) is 24.8. The third-order valence-corrected chi connectivity index (χ3v) is 4.66. The van der Waals surface area contributed by atoms with E-state index in [0.717, 1.165) is 19.3 Å². The van der Waals surface area contributed by atoms with Gasteiger partial charge in [0.15, 0.2) is 23.9 Å². The number of methoxy groups -OCH3 is 3. The van der Waals surface area contributed by atoms with Gasteiger partial charge in [-0.2, -0.15) is 0 Å². The molecule has 0 saturated carbocycles. The maximum Gasteiger partial charge on any atom is 0.338 e. The van der Waals surface area contributed by atoms with E-state index in [-0.39, 0.29) is 18.0 Å². The lowest BCUT2D eigenvalue weighted by molar-refractivity contribution is 0.0474. The van der Waals surface area contributed by atoms with Crippen LogP contribution in [-0.2, 0) is 17.6 Å². The lowest BCUT2D eigenvalue weighted by Crippen LogP contribution is -2.15. The highest BCUT2D eigenvalue weighted by Gasteiger charge is 2.19.